The zero-order valence-corrected chi connectivity index (χ0v) is 15.0. The Kier molecular flexibility index (Phi) is 5.40. The molecule has 0 saturated carbocycles. The Bertz CT molecular complexity index is 1000. The Labute approximate surface area is 154 Å². The molecule has 0 aliphatic carbocycles. The average molecular weight is 364 g/mol. The normalized spacial score (nSPS) is 11.7. The third-order valence-corrected chi connectivity index (χ3v) is 4.90. The van der Waals surface area contributed by atoms with Crippen molar-refractivity contribution < 1.29 is 14.3 Å². The van der Waals surface area contributed by atoms with Gasteiger partial charge in [0.05, 0.1) is 12.5 Å². The number of Topliss-reactive ketones (excluding diaryl/α,β-unsaturated/α-hetero) is 1. The van der Waals surface area contributed by atoms with E-state index >= 15 is 0 Å². The molecule has 0 aliphatic heterocycles. The third kappa shape index (κ3) is 4.13. The first-order chi connectivity index (χ1) is 12.6. The molecule has 0 fully saturated rings. The molecule has 1 atom stereocenters. The van der Waals surface area contributed by atoms with Crippen LogP contribution >= 0.6 is 11.3 Å². The van der Waals surface area contributed by atoms with Gasteiger partial charge in [-0.05, 0) is 23.3 Å². The van der Waals surface area contributed by atoms with E-state index in [1.165, 1.54) is 11.3 Å². The molecule has 5 nitrogen and oxygen atoms in total. The van der Waals surface area contributed by atoms with Crippen LogP contribution in [0.2, 0.25) is 0 Å². The molecule has 0 amide bonds. The molecule has 0 radical (unpaired) electrons. The fourth-order valence-electron chi connectivity index (χ4n) is 2.57. The highest BCUT2D eigenvalue weighted by Gasteiger charge is 2.24. The summed E-state index contributed by atoms with van der Waals surface area (Å²) in [5.74, 6) is -1.96. The predicted molar refractivity (Wildman–Crippen MR) is 98.8 cm³/mol. The number of rotatable bonds is 6. The van der Waals surface area contributed by atoms with Crippen molar-refractivity contribution in [2.75, 3.05) is 6.61 Å². The number of aryl methyl sites for hydroxylation is 1. The summed E-state index contributed by atoms with van der Waals surface area (Å²) in [6.07, 6.45) is 0.0751. The van der Waals surface area contributed by atoms with Crippen LogP contribution in [-0.4, -0.2) is 23.3 Å². The van der Waals surface area contributed by atoms with E-state index < -0.39 is 24.3 Å². The highest BCUT2D eigenvalue weighted by atomic mass is 32.1. The molecular weight excluding hydrogens is 348 g/mol. The molecule has 130 valence electrons. The minimum absolute atomic E-state index is 0.0751. The quantitative estimate of drug-likeness (QED) is 0.625. The number of benzene rings is 2. The lowest BCUT2D eigenvalue weighted by molar-refractivity contribution is -0.147. The summed E-state index contributed by atoms with van der Waals surface area (Å²) < 4.78 is 5.07. The zero-order chi connectivity index (χ0) is 18.5. The molecule has 3 rings (SSSR count). The van der Waals surface area contributed by atoms with Crippen LogP contribution in [0.25, 0.3) is 10.8 Å². The van der Waals surface area contributed by atoms with E-state index in [1.54, 1.807) is 12.3 Å². The molecule has 0 aliphatic rings. The molecule has 6 heteroatoms. The number of hydrogen-bond donors (Lipinski definition) is 0. The van der Waals surface area contributed by atoms with Crippen molar-refractivity contribution in [1.29, 1.82) is 5.26 Å². The maximum Gasteiger partial charge on any atom is 0.310 e. The lowest BCUT2D eigenvalue weighted by Crippen LogP contribution is -2.20. The SMILES string of the molecule is Cc1csc([C@@H](C#N)C(=O)COC(=O)Cc2ccc3ccccc3c2)n1. The summed E-state index contributed by atoms with van der Waals surface area (Å²) in [5.41, 5.74) is 1.57. The first-order valence-electron chi connectivity index (χ1n) is 8.04. The van der Waals surface area contributed by atoms with E-state index in [0.717, 1.165) is 22.0 Å². The number of esters is 1. The highest BCUT2D eigenvalue weighted by Crippen LogP contribution is 2.21. The predicted octanol–water partition coefficient (Wildman–Crippen LogP) is 3.57. The largest absolute Gasteiger partial charge is 0.457 e. The lowest BCUT2D eigenvalue weighted by Gasteiger charge is -2.07. The fourth-order valence-corrected chi connectivity index (χ4v) is 3.43. The number of nitrogens with zero attached hydrogens (tertiary/aromatic N) is 2. The molecule has 3 aromatic rings. The van der Waals surface area contributed by atoms with Crippen LogP contribution in [0.15, 0.2) is 47.8 Å². The second-order valence-corrected chi connectivity index (χ2v) is 6.76. The van der Waals surface area contributed by atoms with E-state index in [9.17, 15) is 14.9 Å². The van der Waals surface area contributed by atoms with E-state index in [1.807, 2.05) is 48.5 Å². The molecule has 0 bridgehead atoms. The Hall–Kier alpha value is -3.04. The minimum Gasteiger partial charge on any atom is -0.457 e. The summed E-state index contributed by atoms with van der Waals surface area (Å²) in [5, 5.41) is 13.6. The van der Waals surface area contributed by atoms with Crippen LogP contribution in [0.1, 0.15) is 22.2 Å². The molecule has 2 aromatic carbocycles. The molecule has 0 N–H and O–H groups in total. The summed E-state index contributed by atoms with van der Waals surface area (Å²) in [6, 6.07) is 15.5. The number of nitriles is 1. The number of thiazole rings is 1. The van der Waals surface area contributed by atoms with Gasteiger partial charge in [0.15, 0.2) is 18.3 Å². The maximum absolute atomic E-state index is 12.2. The van der Waals surface area contributed by atoms with Crippen LogP contribution in [0.4, 0.5) is 0 Å². The average Bonchev–Trinajstić information content (AvgIpc) is 3.06. The van der Waals surface area contributed by atoms with Crippen LogP contribution in [0.5, 0.6) is 0 Å². The minimum atomic E-state index is -0.998. The van der Waals surface area contributed by atoms with Gasteiger partial charge in [0.25, 0.3) is 0 Å². The molecular formula is C20H16N2O3S. The van der Waals surface area contributed by atoms with Crippen molar-refractivity contribution in [3.8, 4) is 6.07 Å². The first kappa shape index (κ1) is 17.8. The van der Waals surface area contributed by atoms with Crippen LogP contribution in [-0.2, 0) is 20.7 Å². The zero-order valence-electron chi connectivity index (χ0n) is 14.1. The second-order valence-electron chi connectivity index (χ2n) is 5.87. The van der Waals surface area contributed by atoms with Crippen molar-refractivity contribution in [1.82, 2.24) is 4.98 Å². The van der Waals surface area contributed by atoms with E-state index in [4.69, 9.17) is 4.74 Å². The second kappa shape index (κ2) is 7.89. The highest BCUT2D eigenvalue weighted by molar-refractivity contribution is 7.09. The van der Waals surface area contributed by atoms with Crippen LogP contribution < -0.4 is 0 Å². The Morgan fingerprint density at radius 2 is 2.00 bits per heavy atom. The van der Waals surface area contributed by atoms with Gasteiger partial charge in [0.1, 0.15) is 5.01 Å². The number of aromatic nitrogens is 1. The number of fused-ring (bicyclic) bond motifs is 1. The molecule has 0 spiro atoms. The summed E-state index contributed by atoms with van der Waals surface area (Å²) in [7, 11) is 0. The topological polar surface area (TPSA) is 80.0 Å². The van der Waals surface area contributed by atoms with Crippen molar-refractivity contribution in [2.24, 2.45) is 0 Å². The van der Waals surface area contributed by atoms with E-state index in [-0.39, 0.29) is 6.42 Å². The summed E-state index contributed by atoms with van der Waals surface area (Å²) >= 11 is 1.25. The Balaban J connectivity index is 1.59. The maximum atomic E-state index is 12.2. The van der Waals surface area contributed by atoms with Crippen molar-refractivity contribution in [3.63, 3.8) is 0 Å². The van der Waals surface area contributed by atoms with Gasteiger partial charge in [0.2, 0.25) is 0 Å². The van der Waals surface area contributed by atoms with Gasteiger partial charge < -0.3 is 4.74 Å². The Morgan fingerprint density at radius 3 is 2.69 bits per heavy atom. The standard InChI is InChI=1S/C20H16N2O3S/c1-13-12-26-20(22-13)17(10-21)18(23)11-25-19(24)9-14-6-7-15-4-2-3-5-16(15)8-14/h2-8,12,17H,9,11H2,1H3/t17-/m0/s1. The van der Waals surface area contributed by atoms with Gasteiger partial charge in [-0.15, -0.1) is 11.3 Å². The molecule has 1 heterocycles. The fraction of sp³-hybridized carbons (Fsp3) is 0.200. The molecule has 1 aromatic heterocycles. The lowest BCUT2D eigenvalue weighted by atomic mass is 10.1. The van der Waals surface area contributed by atoms with Gasteiger partial charge >= 0.3 is 5.97 Å². The van der Waals surface area contributed by atoms with Gasteiger partial charge in [-0.1, -0.05) is 42.5 Å². The first-order valence-corrected chi connectivity index (χ1v) is 8.92. The Morgan fingerprint density at radius 1 is 1.23 bits per heavy atom. The van der Waals surface area contributed by atoms with Gasteiger partial charge in [0, 0.05) is 11.1 Å². The molecule has 0 saturated heterocycles. The number of carbonyl (C=O) groups is 2. The summed E-state index contributed by atoms with van der Waals surface area (Å²) in [4.78, 5) is 28.4. The third-order valence-electron chi connectivity index (χ3n) is 3.87. The van der Waals surface area contributed by atoms with E-state index in [0.29, 0.717) is 5.01 Å². The molecule has 26 heavy (non-hydrogen) atoms. The number of ether oxygens (including phenoxy) is 1. The van der Waals surface area contributed by atoms with Crippen molar-refractivity contribution in [3.05, 3.63) is 64.1 Å². The number of ketones is 1. The molecule has 0 unspecified atom stereocenters. The van der Waals surface area contributed by atoms with E-state index in [2.05, 4.69) is 4.98 Å². The van der Waals surface area contributed by atoms with Gasteiger partial charge in [-0.25, -0.2) is 4.98 Å². The van der Waals surface area contributed by atoms with Gasteiger partial charge in [-0.3, -0.25) is 9.59 Å². The summed E-state index contributed by atoms with van der Waals surface area (Å²) in [6.45, 7) is 1.37. The van der Waals surface area contributed by atoms with Crippen molar-refractivity contribution >= 4 is 33.9 Å². The smallest absolute Gasteiger partial charge is 0.310 e. The van der Waals surface area contributed by atoms with Crippen molar-refractivity contribution in [2.45, 2.75) is 19.3 Å². The van der Waals surface area contributed by atoms with Crippen LogP contribution in [0.3, 0.4) is 0 Å². The van der Waals surface area contributed by atoms with Gasteiger partial charge in [-0.2, -0.15) is 5.26 Å². The monoisotopic (exact) mass is 364 g/mol. The van der Waals surface area contributed by atoms with Crippen LogP contribution in [0, 0.1) is 18.3 Å². The number of carbonyl (C=O) groups excluding carboxylic acids is 2. The number of hydrogen-bond acceptors (Lipinski definition) is 6.